The normalized spacial score (nSPS) is 32.4. The molecule has 118 valence electrons. The number of hydrogen-bond donors (Lipinski definition) is 2. The van der Waals surface area contributed by atoms with Gasteiger partial charge < -0.3 is 15.5 Å². The fourth-order valence-electron chi connectivity index (χ4n) is 4.10. The Labute approximate surface area is 126 Å². The quantitative estimate of drug-likeness (QED) is 0.814. The third-order valence-electron chi connectivity index (χ3n) is 5.27. The number of piperidine rings is 1. The van der Waals surface area contributed by atoms with E-state index in [0.29, 0.717) is 24.4 Å². The molecule has 3 rings (SSSR count). The van der Waals surface area contributed by atoms with Crippen molar-refractivity contribution < 1.29 is 9.59 Å². The maximum atomic E-state index is 12.6. The topological polar surface area (TPSA) is 61.4 Å². The molecule has 2 bridgehead atoms. The zero-order valence-electron chi connectivity index (χ0n) is 12.9. The molecule has 0 saturated carbocycles. The summed E-state index contributed by atoms with van der Waals surface area (Å²) in [6.45, 7) is 3.61. The van der Waals surface area contributed by atoms with Crippen molar-refractivity contribution in [2.45, 2.75) is 70.0 Å². The van der Waals surface area contributed by atoms with E-state index < -0.39 is 0 Å². The molecule has 0 aromatic carbocycles. The molecule has 5 nitrogen and oxygen atoms in total. The van der Waals surface area contributed by atoms with E-state index in [1.54, 1.807) is 0 Å². The van der Waals surface area contributed by atoms with E-state index in [4.69, 9.17) is 0 Å². The van der Waals surface area contributed by atoms with Crippen LogP contribution in [0.1, 0.15) is 51.9 Å². The minimum absolute atomic E-state index is 0.152. The maximum Gasteiger partial charge on any atom is 0.227 e. The molecule has 0 radical (unpaired) electrons. The van der Waals surface area contributed by atoms with E-state index in [-0.39, 0.29) is 17.9 Å². The van der Waals surface area contributed by atoms with Crippen LogP contribution in [0, 0.1) is 5.92 Å². The molecule has 3 aliphatic heterocycles. The van der Waals surface area contributed by atoms with Crippen LogP contribution in [0.5, 0.6) is 0 Å². The lowest BCUT2D eigenvalue weighted by Gasteiger charge is -2.35. The van der Waals surface area contributed by atoms with Crippen molar-refractivity contribution in [1.82, 2.24) is 15.5 Å². The van der Waals surface area contributed by atoms with Crippen molar-refractivity contribution in [2.24, 2.45) is 5.92 Å². The van der Waals surface area contributed by atoms with Gasteiger partial charge in [0.1, 0.15) is 0 Å². The first kappa shape index (κ1) is 14.8. The van der Waals surface area contributed by atoms with Crippen LogP contribution in [0.2, 0.25) is 0 Å². The van der Waals surface area contributed by atoms with Crippen LogP contribution in [0.4, 0.5) is 0 Å². The van der Waals surface area contributed by atoms with Crippen molar-refractivity contribution in [1.29, 1.82) is 0 Å². The molecule has 3 saturated heterocycles. The molecule has 3 aliphatic rings. The summed E-state index contributed by atoms with van der Waals surface area (Å²) in [5.41, 5.74) is 0. The van der Waals surface area contributed by atoms with E-state index >= 15 is 0 Å². The number of hydrogen-bond acceptors (Lipinski definition) is 3. The van der Waals surface area contributed by atoms with Gasteiger partial charge in [0.05, 0.1) is 5.92 Å². The molecule has 21 heavy (non-hydrogen) atoms. The largest absolute Gasteiger partial charge is 0.353 e. The smallest absolute Gasteiger partial charge is 0.227 e. The highest BCUT2D eigenvalue weighted by Crippen LogP contribution is 2.34. The average Bonchev–Trinajstić information content (AvgIpc) is 3.10. The number of likely N-dealkylation sites (tertiary alicyclic amines) is 1. The Hall–Kier alpha value is -1.10. The van der Waals surface area contributed by atoms with Gasteiger partial charge in [-0.3, -0.25) is 9.59 Å². The van der Waals surface area contributed by atoms with Crippen LogP contribution in [0.15, 0.2) is 0 Å². The Morgan fingerprint density at radius 2 is 1.95 bits per heavy atom. The highest BCUT2D eigenvalue weighted by molar-refractivity contribution is 5.80. The summed E-state index contributed by atoms with van der Waals surface area (Å²) in [5.74, 6) is 0.697. The summed E-state index contributed by atoms with van der Waals surface area (Å²) in [7, 11) is 0. The highest BCUT2D eigenvalue weighted by atomic mass is 16.2. The summed E-state index contributed by atoms with van der Waals surface area (Å²) in [6, 6.07) is 1.26. The van der Waals surface area contributed by atoms with Crippen LogP contribution >= 0.6 is 0 Å². The van der Waals surface area contributed by atoms with E-state index in [1.807, 2.05) is 11.8 Å². The van der Waals surface area contributed by atoms with Crippen molar-refractivity contribution in [3.63, 3.8) is 0 Å². The van der Waals surface area contributed by atoms with Crippen LogP contribution in [0.3, 0.4) is 0 Å². The highest BCUT2D eigenvalue weighted by Gasteiger charge is 2.44. The summed E-state index contributed by atoms with van der Waals surface area (Å²) in [4.78, 5) is 26.3. The second-order valence-corrected chi connectivity index (χ2v) is 6.81. The van der Waals surface area contributed by atoms with Crippen molar-refractivity contribution in [3.05, 3.63) is 0 Å². The Kier molecular flexibility index (Phi) is 4.48. The van der Waals surface area contributed by atoms with Crippen LogP contribution < -0.4 is 10.6 Å². The van der Waals surface area contributed by atoms with Crippen LogP contribution in [-0.2, 0) is 9.59 Å². The van der Waals surface area contributed by atoms with Gasteiger partial charge in [-0.15, -0.1) is 0 Å². The Balaban J connectivity index is 1.45. The molecular weight excluding hydrogens is 266 g/mol. The third-order valence-corrected chi connectivity index (χ3v) is 5.27. The predicted octanol–water partition coefficient (Wildman–Crippen LogP) is 1.03. The van der Waals surface area contributed by atoms with Crippen molar-refractivity contribution in [3.8, 4) is 0 Å². The Bertz CT molecular complexity index is 404. The summed E-state index contributed by atoms with van der Waals surface area (Å²) in [6.07, 6.45) is 6.71. The van der Waals surface area contributed by atoms with Gasteiger partial charge in [0.2, 0.25) is 11.8 Å². The fraction of sp³-hybridized carbons (Fsp3) is 0.875. The number of nitrogens with one attached hydrogen (secondary N) is 2. The molecule has 3 fully saturated rings. The predicted molar refractivity (Wildman–Crippen MR) is 80.7 cm³/mol. The number of carbonyl (C=O) groups is 2. The molecule has 5 heteroatoms. The second kappa shape index (κ2) is 6.34. The average molecular weight is 293 g/mol. The zero-order valence-corrected chi connectivity index (χ0v) is 12.9. The SMILES string of the molecule is CCCC(=O)NC1CCN(C(=O)C2CC3CCC2N3)CC1. The first-order valence-electron chi connectivity index (χ1n) is 8.51. The molecule has 0 spiro atoms. The van der Waals surface area contributed by atoms with Gasteiger partial charge in [-0.2, -0.15) is 0 Å². The molecule has 3 heterocycles. The van der Waals surface area contributed by atoms with Gasteiger partial charge in [0.25, 0.3) is 0 Å². The Morgan fingerprint density at radius 1 is 1.19 bits per heavy atom. The van der Waals surface area contributed by atoms with E-state index in [1.165, 1.54) is 6.42 Å². The van der Waals surface area contributed by atoms with Gasteiger partial charge in [0.15, 0.2) is 0 Å². The molecule has 2 N–H and O–H groups in total. The minimum atomic E-state index is 0.152. The number of nitrogens with zero attached hydrogens (tertiary/aromatic N) is 1. The first-order valence-corrected chi connectivity index (χ1v) is 8.51. The van der Waals surface area contributed by atoms with Gasteiger partial charge in [0, 0.05) is 37.6 Å². The van der Waals surface area contributed by atoms with Gasteiger partial charge >= 0.3 is 0 Å². The van der Waals surface area contributed by atoms with Crippen molar-refractivity contribution >= 4 is 11.8 Å². The molecule has 3 unspecified atom stereocenters. The second-order valence-electron chi connectivity index (χ2n) is 6.81. The Morgan fingerprint density at radius 3 is 2.52 bits per heavy atom. The lowest BCUT2D eigenvalue weighted by molar-refractivity contribution is -0.137. The summed E-state index contributed by atoms with van der Waals surface area (Å²) < 4.78 is 0. The van der Waals surface area contributed by atoms with E-state index in [2.05, 4.69) is 10.6 Å². The van der Waals surface area contributed by atoms with Crippen LogP contribution in [0.25, 0.3) is 0 Å². The molecule has 3 atom stereocenters. The number of carbonyl (C=O) groups excluding carboxylic acids is 2. The lowest BCUT2D eigenvalue weighted by atomic mass is 9.87. The molecule has 0 aromatic rings. The van der Waals surface area contributed by atoms with Gasteiger partial charge in [-0.1, -0.05) is 6.92 Å². The van der Waals surface area contributed by atoms with Gasteiger partial charge in [-0.05, 0) is 38.5 Å². The molecular formula is C16H27N3O2. The number of amides is 2. The van der Waals surface area contributed by atoms with Crippen LogP contribution in [-0.4, -0.2) is 47.9 Å². The lowest BCUT2D eigenvalue weighted by Crippen LogP contribution is -2.49. The molecule has 2 amide bonds. The molecule has 0 aromatic heterocycles. The van der Waals surface area contributed by atoms with Crippen molar-refractivity contribution in [2.75, 3.05) is 13.1 Å². The zero-order chi connectivity index (χ0) is 14.8. The summed E-state index contributed by atoms with van der Waals surface area (Å²) in [5, 5.41) is 6.63. The molecule has 0 aliphatic carbocycles. The van der Waals surface area contributed by atoms with E-state index in [0.717, 1.165) is 45.2 Å². The standard InChI is InChI=1S/C16H27N3O2/c1-2-3-15(20)18-11-6-8-19(9-7-11)16(21)13-10-12-4-5-14(13)17-12/h11-14,17H,2-10H2,1H3,(H,18,20). The number of fused-ring (bicyclic) bond motifs is 2. The first-order chi connectivity index (χ1) is 10.2. The maximum absolute atomic E-state index is 12.6. The third kappa shape index (κ3) is 3.23. The van der Waals surface area contributed by atoms with Gasteiger partial charge in [-0.25, -0.2) is 0 Å². The minimum Gasteiger partial charge on any atom is -0.353 e. The fourth-order valence-corrected chi connectivity index (χ4v) is 4.10. The van der Waals surface area contributed by atoms with E-state index in [9.17, 15) is 9.59 Å². The summed E-state index contributed by atoms with van der Waals surface area (Å²) >= 11 is 0. The number of rotatable bonds is 4. The monoisotopic (exact) mass is 293 g/mol.